The molecule has 2 heterocycles. The molecule has 2 aliphatic heterocycles. The second-order valence-electron chi connectivity index (χ2n) is 7.86. The van der Waals surface area contributed by atoms with Crippen molar-refractivity contribution in [1.82, 2.24) is 10.2 Å². The number of anilines is 2. The molecule has 0 unspecified atom stereocenters. The number of nitro benzene ring substituents is 1. The molecule has 0 atom stereocenters. The average molecular weight is 442 g/mol. The predicted molar refractivity (Wildman–Crippen MR) is 123 cm³/mol. The van der Waals surface area contributed by atoms with Crippen LogP contribution in [-0.2, 0) is 0 Å². The lowest BCUT2D eigenvalue weighted by atomic mass is 10.1. The summed E-state index contributed by atoms with van der Waals surface area (Å²) in [7, 11) is 0. The summed E-state index contributed by atoms with van der Waals surface area (Å²) in [5.74, 6) is -0.284. The van der Waals surface area contributed by atoms with Gasteiger partial charge in [0, 0.05) is 60.8 Å². The number of amides is 1. The molecule has 0 aromatic heterocycles. The van der Waals surface area contributed by atoms with Crippen LogP contribution in [0.25, 0.3) is 0 Å². The van der Waals surface area contributed by atoms with Crippen LogP contribution < -0.4 is 16.0 Å². The van der Waals surface area contributed by atoms with E-state index in [1.807, 2.05) is 24.3 Å². The standard InChI is InChI=1S/C22H27N5O3S/c23-16-5-4-6-17(13-16)31-21-14-18(22(28)26-11-7-24-8-12-26)19(27(29)30)15-20(21)25-9-2-1-3-10-25/h4-6,13-15,24H,1-3,7-12,23H2. The highest BCUT2D eigenvalue weighted by atomic mass is 32.2. The number of nitrogens with one attached hydrogen (secondary N) is 1. The predicted octanol–water partition coefficient (Wildman–Crippen LogP) is 3.36. The Bertz CT molecular complexity index is 972. The van der Waals surface area contributed by atoms with Gasteiger partial charge in [-0.1, -0.05) is 17.8 Å². The third-order valence-corrected chi connectivity index (χ3v) is 6.73. The van der Waals surface area contributed by atoms with Crippen molar-refractivity contribution < 1.29 is 9.72 Å². The molecule has 3 N–H and O–H groups in total. The monoisotopic (exact) mass is 441 g/mol. The summed E-state index contributed by atoms with van der Waals surface area (Å²) in [6.45, 7) is 4.18. The Morgan fingerprint density at radius 1 is 1.06 bits per heavy atom. The van der Waals surface area contributed by atoms with Crippen LogP contribution in [0.5, 0.6) is 0 Å². The number of nitrogens with zero attached hydrogens (tertiary/aromatic N) is 3. The van der Waals surface area contributed by atoms with Crippen LogP contribution in [-0.4, -0.2) is 55.0 Å². The summed E-state index contributed by atoms with van der Waals surface area (Å²) < 4.78 is 0. The van der Waals surface area contributed by atoms with E-state index >= 15 is 0 Å². The molecule has 1 amide bonds. The van der Waals surface area contributed by atoms with Gasteiger partial charge in [-0.3, -0.25) is 14.9 Å². The Morgan fingerprint density at radius 3 is 2.48 bits per heavy atom. The summed E-state index contributed by atoms with van der Waals surface area (Å²) in [5.41, 5.74) is 7.45. The molecule has 31 heavy (non-hydrogen) atoms. The topological polar surface area (TPSA) is 105 Å². The number of carbonyl (C=O) groups excluding carboxylic acids is 1. The fraction of sp³-hybridized carbons (Fsp3) is 0.409. The van der Waals surface area contributed by atoms with E-state index in [0.29, 0.717) is 31.9 Å². The third kappa shape index (κ3) is 4.94. The summed E-state index contributed by atoms with van der Waals surface area (Å²) in [6, 6.07) is 10.8. The van der Waals surface area contributed by atoms with Crippen LogP contribution in [0, 0.1) is 10.1 Å². The Hall–Kier alpha value is -2.78. The highest BCUT2D eigenvalue weighted by Gasteiger charge is 2.29. The zero-order valence-corrected chi connectivity index (χ0v) is 18.2. The first-order valence-electron chi connectivity index (χ1n) is 10.6. The van der Waals surface area contributed by atoms with Gasteiger partial charge in [-0.05, 0) is 43.5 Å². The van der Waals surface area contributed by atoms with Crippen molar-refractivity contribution in [2.75, 3.05) is 49.9 Å². The SMILES string of the molecule is Nc1cccc(Sc2cc(C(=O)N3CCNCC3)c([N+](=O)[O-])cc2N2CCCCC2)c1. The number of piperidine rings is 1. The minimum Gasteiger partial charge on any atom is -0.399 e. The number of hydrogen-bond acceptors (Lipinski definition) is 7. The molecule has 0 spiro atoms. The molecule has 0 aliphatic carbocycles. The minimum atomic E-state index is -0.433. The van der Waals surface area contributed by atoms with Gasteiger partial charge in [-0.15, -0.1) is 0 Å². The summed E-state index contributed by atoms with van der Waals surface area (Å²) in [5, 5.41) is 15.1. The molecule has 2 fully saturated rings. The van der Waals surface area contributed by atoms with Gasteiger partial charge in [-0.2, -0.15) is 0 Å². The molecule has 2 aromatic carbocycles. The molecule has 0 bridgehead atoms. The normalized spacial score (nSPS) is 16.9. The van der Waals surface area contributed by atoms with Crippen LogP contribution in [0.4, 0.5) is 17.1 Å². The first-order valence-corrected chi connectivity index (χ1v) is 11.5. The highest BCUT2D eigenvalue weighted by molar-refractivity contribution is 7.99. The maximum absolute atomic E-state index is 13.2. The van der Waals surface area contributed by atoms with E-state index in [4.69, 9.17) is 5.73 Å². The maximum atomic E-state index is 13.2. The molecule has 4 rings (SSSR count). The van der Waals surface area contributed by atoms with Crippen molar-refractivity contribution in [2.45, 2.75) is 29.1 Å². The highest BCUT2D eigenvalue weighted by Crippen LogP contribution is 2.41. The smallest absolute Gasteiger partial charge is 0.284 e. The third-order valence-electron chi connectivity index (χ3n) is 5.69. The largest absolute Gasteiger partial charge is 0.399 e. The van der Waals surface area contributed by atoms with Crippen LogP contribution >= 0.6 is 11.8 Å². The molecule has 9 heteroatoms. The first-order chi connectivity index (χ1) is 15.0. The van der Waals surface area contributed by atoms with Crippen LogP contribution in [0.15, 0.2) is 46.2 Å². The molecular formula is C22H27N5O3S. The van der Waals surface area contributed by atoms with E-state index in [-0.39, 0.29) is 17.2 Å². The molecule has 0 saturated carbocycles. The Kier molecular flexibility index (Phi) is 6.62. The average Bonchev–Trinajstić information content (AvgIpc) is 2.79. The van der Waals surface area contributed by atoms with Gasteiger partial charge in [-0.25, -0.2) is 0 Å². The van der Waals surface area contributed by atoms with Gasteiger partial charge in [0.2, 0.25) is 0 Å². The number of nitro groups is 1. The van der Waals surface area contributed by atoms with Crippen LogP contribution in [0.3, 0.4) is 0 Å². The minimum absolute atomic E-state index is 0.124. The number of nitrogens with two attached hydrogens (primary N) is 1. The summed E-state index contributed by atoms with van der Waals surface area (Å²) in [6.07, 6.45) is 3.27. The fourth-order valence-corrected chi connectivity index (χ4v) is 5.15. The Labute approximate surface area is 185 Å². The number of piperazine rings is 1. The molecule has 0 radical (unpaired) electrons. The number of rotatable bonds is 5. The lowest BCUT2D eigenvalue weighted by Gasteiger charge is -2.31. The van der Waals surface area contributed by atoms with Crippen LogP contribution in [0.1, 0.15) is 29.6 Å². The van der Waals surface area contributed by atoms with E-state index < -0.39 is 4.92 Å². The second-order valence-corrected chi connectivity index (χ2v) is 8.97. The van der Waals surface area contributed by atoms with Gasteiger partial charge in [0.25, 0.3) is 11.6 Å². The van der Waals surface area contributed by atoms with Crippen molar-refractivity contribution in [2.24, 2.45) is 0 Å². The maximum Gasteiger partial charge on any atom is 0.284 e. The zero-order chi connectivity index (χ0) is 21.8. The van der Waals surface area contributed by atoms with Gasteiger partial charge in [0.1, 0.15) is 5.56 Å². The first kappa shape index (κ1) is 21.5. The number of hydrogen-bond donors (Lipinski definition) is 2. The quantitative estimate of drug-likeness (QED) is 0.416. The van der Waals surface area contributed by atoms with Crippen molar-refractivity contribution in [3.63, 3.8) is 0 Å². The molecule has 2 aliphatic rings. The van der Waals surface area contributed by atoms with E-state index in [1.165, 1.54) is 11.8 Å². The van der Waals surface area contributed by atoms with Gasteiger partial charge < -0.3 is 20.9 Å². The van der Waals surface area contributed by atoms with E-state index in [2.05, 4.69) is 10.2 Å². The van der Waals surface area contributed by atoms with Gasteiger partial charge >= 0.3 is 0 Å². The fourth-order valence-electron chi connectivity index (χ4n) is 4.09. The van der Waals surface area contributed by atoms with Crippen molar-refractivity contribution >= 4 is 34.7 Å². The summed E-state index contributed by atoms with van der Waals surface area (Å²) in [4.78, 5) is 30.4. The molecule has 2 saturated heterocycles. The van der Waals surface area contributed by atoms with E-state index in [0.717, 1.165) is 47.8 Å². The molecular weight excluding hydrogens is 414 g/mol. The van der Waals surface area contributed by atoms with Crippen molar-refractivity contribution in [1.29, 1.82) is 0 Å². The molecule has 8 nitrogen and oxygen atoms in total. The van der Waals surface area contributed by atoms with Gasteiger partial charge in [0.05, 0.1) is 10.6 Å². The van der Waals surface area contributed by atoms with E-state index in [1.54, 1.807) is 17.0 Å². The number of nitrogen functional groups attached to an aromatic ring is 1. The molecule has 2 aromatic rings. The number of benzene rings is 2. The Balaban J connectivity index is 1.78. The van der Waals surface area contributed by atoms with Crippen molar-refractivity contribution in [3.8, 4) is 0 Å². The zero-order valence-electron chi connectivity index (χ0n) is 17.4. The number of carbonyl (C=O) groups is 1. The lowest BCUT2D eigenvalue weighted by molar-refractivity contribution is -0.385. The van der Waals surface area contributed by atoms with Crippen LogP contribution in [0.2, 0.25) is 0 Å². The van der Waals surface area contributed by atoms with Crippen molar-refractivity contribution in [3.05, 3.63) is 52.1 Å². The Morgan fingerprint density at radius 2 is 1.81 bits per heavy atom. The second kappa shape index (κ2) is 9.57. The lowest BCUT2D eigenvalue weighted by Crippen LogP contribution is -2.46. The van der Waals surface area contributed by atoms with Gasteiger partial charge in [0.15, 0.2) is 0 Å². The summed E-state index contributed by atoms with van der Waals surface area (Å²) >= 11 is 1.49. The van der Waals surface area contributed by atoms with E-state index in [9.17, 15) is 14.9 Å². The molecule has 164 valence electrons.